The molecule has 1 saturated heterocycles. The number of piperidine rings is 1. The molecule has 3 rings (SSSR count). The van der Waals surface area contributed by atoms with Crippen LogP contribution in [0.1, 0.15) is 26.2 Å². The summed E-state index contributed by atoms with van der Waals surface area (Å²) in [6.45, 7) is 2.93. The number of anilines is 4. The number of nitrogens with zero attached hydrogens (tertiary/aromatic N) is 4. The molecule has 9 heteroatoms. The zero-order chi connectivity index (χ0) is 18.5. The van der Waals surface area contributed by atoms with E-state index in [2.05, 4.69) is 20.6 Å². The molecule has 1 aliphatic heterocycles. The number of carbonyl (C=O) groups is 1. The number of rotatable bonds is 5. The maximum atomic E-state index is 11.7. The van der Waals surface area contributed by atoms with E-state index in [9.17, 15) is 14.9 Å². The Morgan fingerprint density at radius 2 is 1.77 bits per heavy atom. The first-order chi connectivity index (χ1) is 12.5. The minimum absolute atomic E-state index is 0.125. The molecule has 0 aliphatic carbocycles. The third-order valence-corrected chi connectivity index (χ3v) is 4.11. The maximum Gasteiger partial charge on any atom is 0.353 e. The first-order valence-electron chi connectivity index (χ1n) is 8.43. The number of hydrogen-bond acceptors (Lipinski definition) is 7. The van der Waals surface area contributed by atoms with Crippen molar-refractivity contribution in [2.75, 3.05) is 28.6 Å². The van der Waals surface area contributed by atoms with Crippen molar-refractivity contribution in [1.29, 1.82) is 0 Å². The number of benzene rings is 1. The van der Waals surface area contributed by atoms with Gasteiger partial charge in [0.2, 0.25) is 17.5 Å². The van der Waals surface area contributed by atoms with Gasteiger partial charge in [-0.05, 0) is 43.5 Å². The van der Waals surface area contributed by atoms with Gasteiger partial charge in [-0.3, -0.25) is 14.9 Å². The van der Waals surface area contributed by atoms with Crippen molar-refractivity contribution in [3.8, 4) is 0 Å². The molecule has 0 spiro atoms. The predicted molar refractivity (Wildman–Crippen MR) is 98.8 cm³/mol. The quantitative estimate of drug-likeness (QED) is 0.625. The van der Waals surface area contributed by atoms with Crippen molar-refractivity contribution < 1.29 is 9.72 Å². The van der Waals surface area contributed by atoms with Gasteiger partial charge in [0.25, 0.3) is 0 Å². The lowest BCUT2D eigenvalue weighted by Crippen LogP contribution is -2.31. The van der Waals surface area contributed by atoms with Crippen LogP contribution in [0.4, 0.5) is 28.7 Å². The fourth-order valence-corrected chi connectivity index (χ4v) is 2.94. The Hall–Kier alpha value is -3.23. The molecule has 0 radical (unpaired) electrons. The van der Waals surface area contributed by atoms with Crippen LogP contribution in [0.3, 0.4) is 0 Å². The zero-order valence-electron chi connectivity index (χ0n) is 14.4. The van der Waals surface area contributed by atoms with Crippen LogP contribution in [-0.2, 0) is 4.79 Å². The van der Waals surface area contributed by atoms with E-state index in [4.69, 9.17) is 0 Å². The van der Waals surface area contributed by atoms with E-state index in [1.165, 1.54) is 13.3 Å². The van der Waals surface area contributed by atoms with E-state index in [0.29, 0.717) is 17.2 Å². The molecule has 2 aromatic rings. The third kappa shape index (κ3) is 4.05. The molecule has 0 unspecified atom stereocenters. The number of hydrogen-bond donors (Lipinski definition) is 2. The van der Waals surface area contributed by atoms with Gasteiger partial charge >= 0.3 is 5.69 Å². The van der Waals surface area contributed by atoms with Crippen LogP contribution in [0.2, 0.25) is 0 Å². The van der Waals surface area contributed by atoms with Crippen molar-refractivity contribution in [2.24, 2.45) is 0 Å². The lowest BCUT2D eigenvalue weighted by atomic mass is 10.1. The molecule has 2 heterocycles. The van der Waals surface area contributed by atoms with Crippen molar-refractivity contribution in [2.45, 2.75) is 26.2 Å². The molecule has 0 atom stereocenters. The molecule has 1 fully saturated rings. The third-order valence-electron chi connectivity index (χ3n) is 4.11. The normalized spacial score (nSPS) is 14.0. The summed E-state index contributed by atoms with van der Waals surface area (Å²) in [4.78, 5) is 32.4. The van der Waals surface area contributed by atoms with Crippen molar-refractivity contribution in [3.05, 3.63) is 40.7 Å². The number of nitrogens with one attached hydrogen (secondary N) is 2. The number of nitro groups is 1. The van der Waals surface area contributed by atoms with Gasteiger partial charge in [-0.2, -0.15) is 0 Å². The average Bonchev–Trinajstić information content (AvgIpc) is 2.63. The van der Waals surface area contributed by atoms with E-state index >= 15 is 0 Å². The second-order valence-corrected chi connectivity index (χ2v) is 6.08. The second-order valence-electron chi connectivity index (χ2n) is 6.08. The molecule has 1 aromatic carbocycles. The van der Waals surface area contributed by atoms with Gasteiger partial charge in [-0.1, -0.05) is 0 Å². The van der Waals surface area contributed by atoms with Crippen LogP contribution in [0.5, 0.6) is 0 Å². The Kier molecular flexibility index (Phi) is 5.26. The van der Waals surface area contributed by atoms with Gasteiger partial charge in [-0.15, -0.1) is 0 Å². The molecule has 26 heavy (non-hydrogen) atoms. The molecular formula is C17H20N6O3. The van der Waals surface area contributed by atoms with Gasteiger partial charge in [-0.25, -0.2) is 9.97 Å². The highest BCUT2D eigenvalue weighted by Gasteiger charge is 2.27. The Balaban J connectivity index is 1.87. The van der Waals surface area contributed by atoms with Gasteiger partial charge in [0, 0.05) is 31.4 Å². The summed E-state index contributed by atoms with van der Waals surface area (Å²) in [7, 11) is 0. The molecular weight excluding hydrogens is 336 g/mol. The Bertz CT molecular complexity index is 803. The van der Waals surface area contributed by atoms with E-state index in [0.717, 1.165) is 32.4 Å². The first-order valence-corrected chi connectivity index (χ1v) is 8.43. The second kappa shape index (κ2) is 7.77. The fourth-order valence-electron chi connectivity index (χ4n) is 2.94. The van der Waals surface area contributed by atoms with Gasteiger partial charge in [0.15, 0.2) is 0 Å². The molecule has 0 bridgehead atoms. The van der Waals surface area contributed by atoms with Crippen LogP contribution < -0.4 is 15.5 Å². The monoisotopic (exact) mass is 356 g/mol. The Morgan fingerprint density at radius 3 is 2.38 bits per heavy atom. The highest BCUT2D eigenvalue weighted by Crippen LogP contribution is 2.34. The minimum Gasteiger partial charge on any atom is -0.351 e. The molecule has 2 N–H and O–H groups in total. The van der Waals surface area contributed by atoms with Crippen LogP contribution in [-0.4, -0.2) is 33.9 Å². The molecule has 1 amide bonds. The van der Waals surface area contributed by atoms with Crippen LogP contribution in [0.15, 0.2) is 30.6 Å². The van der Waals surface area contributed by atoms with Crippen LogP contribution >= 0.6 is 0 Å². The molecule has 136 valence electrons. The fraction of sp³-hybridized carbons (Fsp3) is 0.353. The number of aromatic nitrogens is 2. The summed E-state index contributed by atoms with van der Waals surface area (Å²) in [6.07, 6.45) is 4.45. The van der Waals surface area contributed by atoms with Crippen molar-refractivity contribution in [1.82, 2.24) is 9.97 Å². The number of carbonyl (C=O) groups excluding carboxylic acids is 1. The van der Waals surface area contributed by atoms with Gasteiger partial charge in [0.1, 0.15) is 6.33 Å². The van der Waals surface area contributed by atoms with E-state index in [1.54, 1.807) is 24.3 Å². The van der Waals surface area contributed by atoms with Crippen LogP contribution in [0.25, 0.3) is 0 Å². The molecule has 1 aromatic heterocycles. The highest BCUT2D eigenvalue weighted by molar-refractivity contribution is 5.89. The average molecular weight is 356 g/mol. The smallest absolute Gasteiger partial charge is 0.351 e. The molecule has 9 nitrogen and oxygen atoms in total. The summed E-state index contributed by atoms with van der Waals surface area (Å²) in [6, 6.07) is 6.86. The number of amides is 1. The minimum atomic E-state index is -0.446. The first kappa shape index (κ1) is 17.6. The van der Waals surface area contributed by atoms with Crippen LogP contribution in [0, 0.1) is 10.1 Å². The van der Waals surface area contributed by atoms with E-state index < -0.39 is 4.92 Å². The van der Waals surface area contributed by atoms with Crippen molar-refractivity contribution in [3.63, 3.8) is 0 Å². The summed E-state index contributed by atoms with van der Waals surface area (Å²) < 4.78 is 0. The van der Waals surface area contributed by atoms with Crippen molar-refractivity contribution >= 4 is 34.6 Å². The highest BCUT2D eigenvalue weighted by atomic mass is 16.6. The topological polar surface area (TPSA) is 113 Å². The van der Waals surface area contributed by atoms with E-state index in [-0.39, 0.29) is 17.4 Å². The van der Waals surface area contributed by atoms with Gasteiger partial charge in [0.05, 0.1) is 4.92 Å². The lowest BCUT2D eigenvalue weighted by Gasteiger charge is -2.27. The maximum absolute atomic E-state index is 11.7. The summed E-state index contributed by atoms with van der Waals surface area (Å²) >= 11 is 0. The standard InChI is InChI=1S/C17H20N6O3/c1-12(24)20-13-5-7-14(8-6-13)21-16-15(23(25)26)17(19-11-18-16)22-9-3-2-4-10-22/h5-8,11H,2-4,9-10H2,1H3,(H,20,24)(H,18,19,21). The molecule has 1 aliphatic rings. The largest absolute Gasteiger partial charge is 0.353 e. The predicted octanol–water partition coefficient (Wildman–Crippen LogP) is 3.08. The lowest BCUT2D eigenvalue weighted by molar-refractivity contribution is -0.383. The summed E-state index contributed by atoms with van der Waals surface area (Å²) in [5, 5.41) is 17.3. The zero-order valence-corrected chi connectivity index (χ0v) is 14.4. The Morgan fingerprint density at radius 1 is 1.12 bits per heavy atom. The SMILES string of the molecule is CC(=O)Nc1ccc(Nc2ncnc(N3CCCCC3)c2[N+](=O)[O-])cc1. The Labute approximate surface area is 150 Å². The molecule has 0 saturated carbocycles. The summed E-state index contributed by atoms with van der Waals surface area (Å²) in [5.41, 5.74) is 1.15. The summed E-state index contributed by atoms with van der Waals surface area (Å²) in [5.74, 6) is 0.336. The van der Waals surface area contributed by atoms with E-state index in [1.807, 2.05) is 4.90 Å². The van der Waals surface area contributed by atoms with Gasteiger partial charge < -0.3 is 15.5 Å².